The van der Waals surface area contributed by atoms with E-state index in [9.17, 15) is 10.1 Å². The third kappa shape index (κ3) is 3.48. The molecule has 2 atom stereocenters. The molecule has 7 nitrogen and oxygen atoms in total. The van der Waals surface area contributed by atoms with Gasteiger partial charge >= 0.3 is 0 Å². The molecule has 0 fully saturated rings. The molecule has 2 aliphatic heterocycles. The van der Waals surface area contributed by atoms with Crippen molar-refractivity contribution < 1.29 is 14.4 Å². The molecule has 0 saturated carbocycles. The van der Waals surface area contributed by atoms with Crippen LogP contribution in [0, 0.1) is 10.1 Å². The van der Waals surface area contributed by atoms with E-state index in [1.807, 2.05) is 54.4 Å². The molecule has 31 heavy (non-hydrogen) atoms. The summed E-state index contributed by atoms with van der Waals surface area (Å²) in [5, 5.41) is 17.9. The Morgan fingerprint density at radius 3 is 2.55 bits per heavy atom. The molecule has 5 rings (SSSR count). The van der Waals surface area contributed by atoms with Gasteiger partial charge < -0.3 is 9.47 Å². The number of nitrogens with zero attached hydrogens (tertiary/aromatic N) is 3. The smallest absolute Gasteiger partial charge is 0.269 e. The van der Waals surface area contributed by atoms with Gasteiger partial charge in [0.2, 0.25) is 6.23 Å². The summed E-state index contributed by atoms with van der Waals surface area (Å²) in [6.07, 6.45) is 0.290. The van der Waals surface area contributed by atoms with Gasteiger partial charge in [-0.3, -0.25) is 10.1 Å². The number of fused-ring (bicyclic) bond motifs is 3. The highest BCUT2D eigenvalue weighted by Crippen LogP contribution is 2.47. The van der Waals surface area contributed by atoms with Crippen molar-refractivity contribution in [2.24, 2.45) is 5.10 Å². The summed E-state index contributed by atoms with van der Waals surface area (Å²) in [6.45, 7) is 2.59. The highest BCUT2D eigenvalue weighted by Gasteiger charge is 2.40. The molecule has 0 amide bonds. The molecule has 0 radical (unpaired) electrons. The second-order valence-corrected chi connectivity index (χ2v) is 7.46. The zero-order chi connectivity index (χ0) is 21.4. The Morgan fingerprint density at radius 2 is 1.84 bits per heavy atom. The zero-order valence-corrected chi connectivity index (χ0v) is 17.0. The largest absolute Gasteiger partial charge is 0.494 e. The number of hydrogen-bond donors (Lipinski definition) is 0. The number of nitro groups is 1. The third-order valence-corrected chi connectivity index (χ3v) is 5.59. The van der Waals surface area contributed by atoms with Crippen molar-refractivity contribution in [3.63, 3.8) is 0 Å². The first-order chi connectivity index (χ1) is 15.1. The van der Waals surface area contributed by atoms with Crippen molar-refractivity contribution >= 4 is 11.4 Å². The molecule has 0 bridgehead atoms. The van der Waals surface area contributed by atoms with Gasteiger partial charge in [0.15, 0.2) is 0 Å². The van der Waals surface area contributed by atoms with Crippen LogP contribution in [-0.4, -0.2) is 22.3 Å². The number of non-ortho nitro benzene ring substituents is 1. The predicted octanol–water partition coefficient (Wildman–Crippen LogP) is 5.24. The van der Waals surface area contributed by atoms with Crippen LogP contribution >= 0.6 is 0 Å². The van der Waals surface area contributed by atoms with E-state index < -0.39 is 11.2 Å². The molecule has 0 aliphatic carbocycles. The summed E-state index contributed by atoms with van der Waals surface area (Å²) in [4.78, 5) is 10.6. The van der Waals surface area contributed by atoms with E-state index in [1.165, 1.54) is 12.1 Å². The summed E-state index contributed by atoms with van der Waals surface area (Å²) in [5.74, 6) is 1.65. The van der Waals surface area contributed by atoms with Crippen LogP contribution < -0.4 is 9.47 Å². The Hall–Kier alpha value is -3.87. The minimum Gasteiger partial charge on any atom is -0.494 e. The van der Waals surface area contributed by atoms with Gasteiger partial charge in [-0.15, -0.1) is 0 Å². The number of ether oxygens (including phenoxy) is 2. The fraction of sp³-hybridized carbons (Fsp3) is 0.208. The lowest BCUT2D eigenvalue weighted by Crippen LogP contribution is -2.33. The molecule has 7 heteroatoms. The first-order valence-corrected chi connectivity index (χ1v) is 10.2. The van der Waals surface area contributed by atoms with Gasteiger partial charge in [0.05, 0.1) is 23.3 Å². The van der Waals surface area contributed by atoms with Gasteiger partial charge in [0.25, 0.3) is 5.69 Å². The summed E-state index contributed by atoms with van der Waals surface area (Å²) in [7, 11) is 0. The van der Waals surface area contributed by atoms with Crippen LogP contribution in [0.1, 0.15) is 42.3 Å². The van der Waals surface area contributed by atoms with Crippen LogP contribution in [0.5, 0.6) is 11.5 Å². The Bertz CT molecular complexity index is 1140. The number of hydrazone groups is 1. The fourth-order valence-electron chi connectivity index (χ4n) is 4.10. The molecule has 2 heterocycles. The van der Waals surface area contributed by atoms with Gasteiger partial charge in [-0.05, 0) is 55.0 Å². The normalized spacial score (nSPS) is 19.1. The number of nitro benzene ring substituents is 1. The number of hydrogen-bond acceptors (Lipinski definition) is 6. The Labute approximate surface area is 179 Å². The van der Waals surface area contributed by atoms with Crippen LogP contribution in [0.4, 0.5) is 5.69 Å². The van der Waals surface area contributed by atoms with Crippen molar-refractivity contribution in [2.45, 2.75) is 25.6 Å². The van der Waals surface area contributed by atoms with E-state index in [2.05, 4.69) is 6.07 Å². The van der Waals surface area contributed by atoms with E-state index in [0.29, 0.717) is 6.61 Å². The number of rotatable bonds is 5. The molecule has 156 valence electrons. The van der Waals surface area contributed by atoms with E-state index >= 15 is 0 Å². The molecule has 3 aromatic rings. The SMILES string of the molecule is CCOc1ccc(C2=NN3[C@@H](c4ccc([N+](=O)[O-])cc4)Oc4ccccc4[C@@H]3C2)cc1. The molecular weight excluding hydrogens is 394 g/mol. The van der Waals surface area contributed by atoms with E-state index in [-0.39, 0.29) is 11.7 Å². The molecular formula is C24H21N3O4. The van der Waals surface area contributed by atoms with Crippen LogP contribution in [0.15, 0.2) is 77.9 Å². The van der Waals surface area contributed by atoms with E-state index in [4.69, 9.17) is 14.6 Å². The van der Waals surface area contributed by atoms with Gasteiger partial charge in [-0.25, -0.2) is 5.01 Å². The lowest BCUT2D eigenvalue weighted by molar-refractivity contribution is -0.384. The van der Waals surface area contributed by atoms with Crippen LogP contribution in [0.2, 0.25) is 0 Å². The second kappa shape index (κ2) is 7.75. The van der Waals surface area contributed by atoms with Gasteiger partial charge in [-0.2, -0.15) is 5.10 Å². The molecule has 0 spiro atoms. The summed E-state index contributed by atoms with van der Waals surface area (Å²) >= 11 is 0. The molecule has 3 aromatic carbocycles. The molecule has 0 unspecified atom stereocenters. The average molecular weight is 415 g/mol. The lowest BCUT2D eigenvalue weighted by Gasteiger charge is -2.38. The quantitative estimate of drug-likeness (QED) is 0.421. The van der Waals surface area contributed by atoms with E-state index in [0.717, 1.165) is 40.3 Å². The van der Waals surface area contributed by atoms with Gasteiger partial charge in [0, 0.05) is 29.7 Å². The highest BCUT2D eigenvalue weighted by molar-refractivity contribution is 6.02. The zero-order valence-electron chi connectivity index (χ0n) is 17.0. The van der Waals surface area contributed by atoms with E-state index in [1.54, 1.807) is 12.1 Å². The maximum atomic E-state index is 11.0. The Balaban J connectivity index is 1.51. The topological polar surface area (TPSA) is 77.2 Å². The van der Waals surface area contributed by atoms with Crippen LogP contribution in [-0.2, 0) is 0 Å². The predicted molar refractivity (Wildman–Crippen MR) is 116 cm³/mol. The maximum absolute atomic E-state index is 11.0. The van der Waals surface area contributed by atoms with Gasteiger partial charge in [0.1, 0.15) is 11.5 Å². The van der Waals surface area contributed by atoms with Crippen molar-refractivity contribution in [1.29, 1.82) is 0 Å². The average Bonchev–Trinajstić information content (AvgIpc) is 3.25. The molecule has 2 aliphatic rings. The number of benzene rings is 3. The fourth-order valence-corrected chi connectivity index (χ4v) is 4.10. The van der Waals surface area contributed by atoms with Crippen LogP contribution in [0.3, 0.4) is 0 Å². The summed E-state index contributed by atoms with van der Waals surface area (Å²) < 4.78 is 11.8. The molecule has 0 aromatic heterocycles. The van der Waals surface area contributed by atoms with Crippen molar-refractivity contribution in [2.75, 3.05) is 6.61 Å². The summed E-state index contributed by atoms with van der Waals surface area (Å²) in [6, 6.07) is 22.4. The minimum atomic E-state index is -0.457. The van der Waals surface area contributed by atoms with Crippen molar-refractivity contribution in [3.05, 3.63) is 99.6 Å². The van der Waals surface area contributed by atoms with Crippen molar-refractivity contribution in [3.8, 4) is 11.5 Å². The first kappa shape index (κ1) is 19.1. The minimum absolute atomic E-state index is 0.0340. The summed E-state index contributed by atoms with van der Waals surface area (Å²) in [5.41, 5.74) is 3.97. The second-order valence-electron chi connectivity index (χ2n) is 7.46. The van der Waals surface area contributed by atoms with Crippen molar-refractivity contribution in [1.82, 2.24) is 5.01 Å². The standard InChI is InChI=1S/C24H21N3O4/c1-2-30-19-13-9-16(10-14-19)21-15-22-20-5-3-4-6-23(20)31-24(26(22)25-21)17-7-11-18(12-8-17)27(28)29/h3-14,22,24H,2,15H2,1H3/t22-,24+/m0/s1. The first-order valence-electron chi connectivity index (χ1n) is 10.2. The Kier molecular flexibility index (Phi) is 4.78. The lowest BCUT2D eigenvalue weighted by atomic mass is 9.96. The highest BCUT2D eigenvalue weighted by atomic mass is 16.6. The third-order valence-electron chi connectivity index (χ3n) is 5.59. The molecule has 0 N–H and O–H groups in total. The number of para-hydroxylation sites is 1. The monoisotopic (exact) mass is 415 g/mol. The Morgan fingerprint density at radius 1 is 1.10 bits per heavy atom. The maximum Gasteiger partial charge on any atom is 0.269 e. The van der Waals surface area contributed by atoms with Gasteiger partial charge in [-0.1, -0.05) is 18.2 Å². The molecule has 0 saturated heterocycles. The van der Waals surface area contributed by atoms with Crippen LogP contribution in [0.25, 0.3) is 0 Å².